The van der Waals surface area contributed by atoms with E-state index >= 15 is 0 Å². The molecule has 3 N–H and O–H groups in total. The van der Waals surface area contributed by atoms with E-state index in [9.17, 15) is 4.79 Å². The molecule has 3 aromatic rings. The number of hydrogen-bond acceptors (Lipinski definition) is 5. The highest BCUT2D eigenvalue weighted by Crippen LogP contribution is 2.29. The molecule has 2 heterocycles. The Balaban J connectivity index is 1.80. The summed E-state index contributed by atoms with van der Waals surface area (Å²) in [5.74, 6) is -0.224. The second kappa shape index (κ2) is 6.58. The van der Waals surface area contributed by atoms with Crippen LogP contribution in [0.4, 0.5) is 5.69 Å². The van der Waals surface area contributed by atoms with E-state index < -0.39 is 0 Å². The number of rotatable bonds is 4. The summed E-state index contributed by atoms with van der Waals surface area (Å²) in [4.78, 5) is 17.1. The highest BCUT2D eigenvalue weighted by molar-refractivity contribution is 7.09. The van der Waals surface area contributed by atoms with Crippen LogP contribution in [0.5, 0.6) is 0 Å². The Labute approximate surface area is 138 Å². The van der Waals surface area contributed by atoms with E-state index in [1.807, 2.05) is 55.5 Å². The quantitative estimate of drug-likeness (QED) is 0.772. The molecule has 0 fully saturated rings. The summed E-state index contributed by atoms with van der Waals surface area (Å²) in [6.45, 7) is 1.93. The van der Waals surface area contributed by atoms with Gasteiger partial charge in [0.2, 0.25) is 0 Å². The van der Waals surface area contributed by atoms with Crippen LogP contribution in [0.2, 0.25) is 0 Å². The van der Waals surface area contributed by atoms with Gasteiger partial charge in [0.25, 0.3) is 5.91 Å². The van der Waals surface area contributed by atoms with E-state index in [0.717, 1.165) is 17.1 Å². The van der Waals surface area contributed by atoms with E-state index in [1.165, 1.54) is 0 Å². The SMILES string of the molecule is CC(NC(=O)c1snc(-c2ccccn2)c1N)c1ccccc1. The lowest BCUT2D eigenvalue weighted by atomic mass is 10.1. The van der Waals surface area contributed by atoms with Crippen molar-refractivity contribution >= 4 is 23.1 Å². The van der Waals surface area contributed by atoms with Gasteiger partial charge in [-0.2, -0.15) is 4.37 Å². The van der Waals surface area contributed by atoms with Crippen LogP contribution < -0.4 is 11.1 Å². The van der Waals surface area contributed by atoms with Crippen LogP contribution in [0, 0.1) is 0 Å². The Kier molecular flexibility index (Phi) is 4.34. The molecule has 0 spiro atoms. The van der Waals surface area contributed by atoms with Crippen LogP contribution in [0.1, 0.15) is 28.2 Å². The number of carbonyl (C=O) groups excluding carboxylic acids is 1. The summed E-state index contributed by atoms with van der Waals surface area (Å²) in [5.41, 5.74) is 8.71. The summed E-state index contributed by atoms with van der Waals surface area (Å²) >= 11 is 1.09. The second-order valence-corrected chi connectivity index (χ2v) is 5.87. The number of hydrogen-bond donors (Lipinski definition) is 2. The minimum atomic E-state index is -0.224. The van der Waals surface area contributed by atoms with Gasteiger partial charge in [-0.3, -0.25) is 9.78 Å². The zero-order valence-electron chi connectivity index (χ0n) is 12.6. The van der Waals surface area contributed by atoms with E-state index in [4.69, 9.17) is 5.73 Å². The first-order chi connectivity index (χ1) is 11.2. The van der Waals surface area contributed by atoms with Crippen LogP contribution in [-0.2, 0) is 0 Å². The van der Waals surface area contributed by atoms with Gasteiger partial charge in [0.15, 0.2) is 0 Å². The van der Waals surface area contributed by atoms with Gasteiger partial charge in [-0.25, -0.2) is 0 Å². The highest BCUT2D eigenvalue weighted by Gasteiger charge is 2.20. The summed E-state index contributed by atoms with van der Waals surface area (Å²) in [6, 6.07) is 15.2. The van der Waals surface area contributed by atoms with Crippen molar-refractivity contribution in [3.63, 3.8) is 0 Å². The van der Waals surface area contributed by atoms with Crippen LogP contribution >= 0.6 is 11.5 Å². The first-order valence-corrected chi connectivity index (χ1v) is 7.96. The van der Waals surface area contributed by atoms with Crippen molar-refractivity contribution in [3.8, 4) is 11.4 Å². The Bertz CT molecular complexity index is 802. The van der Waals surface area contributed by atoms with Crippen LogP contribution in [0.3, 0.4) is 0 Å². The standard InChI is InChI=1S/C17H16N4OS/c1-11(12-7-3-2-4-8-12)20-17(22)16-14(18)15(21-23-16)13-9-5-6-10-19-13/h2-11H,18H2,1H3,(H,20,22). The van der Waals surface area contributed by atoms with E-state index in [1.54, 1.807) is 6.20 Å². The second-order valence-electron chi connectivity index (χ2n) is 5.09. The Morgan fingerprint density at radius 3 is 2.61 bits per heavy atom. The van der Waals surface area contributed by atoms with Gasteiger partial charge >= 0.3 is 0 Å². The Morgan fingerprint density at radius 1 is 1.17 bits per heavy atom. The molecule has 3 rings (SSSR count). The van der Waals surface area contributed by atoms with Gasteiger partial charge in [0.1, 0.15) is 10.6 Å². The van der Waals surface area contributed by atoms with Crippen molar-refractivity contribution in [1.29, 1.82) is 0 Å². The number of nitrogens with one attached hydrogen (secondary N) is 1. The fourth-order valence-electron chi connectivity index (χ4n) is 2.24. The largest absolute Gasteiger partial charge is 0.396 e. The summed E-state index contributed by atoms with van der Waals surface area (Å²) in [7, 11) is 0. The van der Waals surface area contributed by atoms with Gasteiger partial charge in [-0.15, -0.1) is 0 Å². The third-order valence-corrected chi connectivity index (χ3v) is 4.35. The molecule has 1 atom stereocenters. The zero-order chi connectivity index (χ0) is 16.2. The molecule has 116 valence electrons. The molecule has 5 nitrogen and oxygen atoms in total. The predicted octanol–water partition coefficient (Wildman–Crippen LogP) is 3.28. The number of amides is 1. The average Bonchev–Trinajstić information content (AvgIpc) is 2.98. The fourth-order valence-corrected chi connectivity index (χ4v) is 2.95. The van der Waals surface area contributed by atoms with E-state index in [2.05, 4.69) is 14.7 Å². The minimum absolute atomic E-state index is 0.108. The number of nitrogens with zero attached hydrogens (tertiary/aromatic N) is 2. The molecule has 0 bridgehead atoms. The maximum absolute atomic E-state index is 12.5. The molecule has 0 aliphatic carbocycles. The summed E-state index contributed by atoms with van der Waals surface area (Å²) in [5, 5.41) is 2.95. The van der Waals surface area contributed by atoms with Crippen molar-refractivity contribution < 1.29 is 4.79 Å². The highest BCUT2D eigenvalue weighted by atomic mass is 32.1. The van der Waals surface area contributed by atoms with Crippen molar-refractivity contribution in [1.82, 2.24) is 14.7 Å². The van der Waals surface area contributed by atoms with Gasteiger partial charge in [0.05, 0.1) is 17.4 Å². The predicted molar refractivity (Wildman–Crippen MR) is 92.1 cm³/mol. The topological polar surface area (TPSA) is 80.9 Å². The molecular weight excluding hydrogens is 308 g/mol. The zero-order valence-corrected chi connectivity index (χ0v) is 13.4. The maximum atomic E-state index is 12.5. The van der Waals surface area contributed by atoms with Crippen molar-refractivity contribution in [2.45, 2.75) is 13.0 Å². The van der Waals surface area contributed by atoms with Crippen LogP contribution in [0.15, 0.2) is 54.7 Å². The molecule has 2 aromatic heterocycles. The van der Waals surface area contributed by atoms with Gasteiger partial charge in [0, 0.05) is 6.20 Å². The average molecular weight is 324 g/mol. The minimum Gasteiger partial charge on any atom is -0.396 e. The Hall–Kier alpha value is -2.73. The van der Waals surface area contributed by atoms with Crippen molar-refractivity contribution in [2.24, 2.45) is 0 Å². The molecule has 0 radical (unpaired) electrons. The number of nitrogens with two attached hydrogens (primary N) is 1. The number of benzene rings is 1. The first-order valence-electron chi connectivity index (χ1n) is 7.19. The Morgan fingerprint density at radius 2 is 1.91 bits per heavy atom. The number of carbonyl (C=O) groups is 1. The summed E-state index contributed by atoms with van der Waals surface area (Å²) in [6.07, 6.45) is 1.67. The van der Waals surface area contributed by atoms with Crippen molar-refractivity contribution in [3.05, 3.63) is 65.2 Å². The lowest BCUT2D eigenvalue weighted by Gasteiger charge is -2.13. The molecule has 0 aliphatic heterocycles. The normalized spacial score (nSPS) is 11.9. The monoisotopic (exact) mass is 324 g/mol. The van der Waals surface area contributed by atoms with Crippen LogP contribution in [-0.4, -0.2) is 15.3 Å². The fraction of sp³-hybridized carbons (Fsp3) is 0.118. The molecule has 1 unspecified atom stereocenters. The molecule has 0 saturated heterocycles. The van der Waals surface area contributed by atoms with Crippen molar-refractivity contribution in [2.75, 3.05) is 5.73 Å². The first kappa shape index (κ1) is 15.2. The lowest BCUT2D eigenvalue weighted by molar-refractivity contribution is 0.0945. The number of pyridine rings is 1. The molecule has 1 amide bonds. The maximum Gasteiger partial charge on any atom is 0.265 e. The molecule has 0 saturated carbocycles. The number of anilines is 1. The summed E-state index contributed by atoms with van der Waals surface area (Å²) < 4.78 is 4.28. The molecular formula is C17H16N4OS. The molecule has 6 heteroatoms. The van der Waals surface area contributed by atoms with E-state index in [0.29, 0.717) is 22.0 Å². The third kappa shape index (κ3) is 3.22. The molecule has 1 aromatic carbocycles. The van der Waals surface area contributed by atoms with Gasteiger partial charge < -0.3 is 11.1 Å². The third-order valence-electron chi connectivity index (χ3n) is 3.49. The smallest absolute Gasteiger partial charge is 0.265 e. The number of aromatic nitrogens is 2. The molecule has 0 aliphatic rings. The molecule has 23 heavy (non-hydrogen) atoms. The van der Waals surface area contributed by atoms with E-state index in [-0.39, 0.29) is 11.9 Å². The van der Waals surface area contributed by atoms with Gasteiger partial charge in [-0.05, 0) is 36.2 Å². The number of nitrogen functional groups attached to an aromatic ring is 1. The van der Waals surface area contributed by atoms with Gasteiger partial charge in [-0.1, -0.05) is 36.4 Å². The lowest BCUT2D eigenvalue weighted by Crippen LogP contribution is -2.26. The van der Waals surface area contributed by atoms with Crippen LogP contribution in [0.25, 0.3) is 11.4 Å².